The molecular formula is C16H18ClNO2. The SMILES string of the molecule is CC1(C)Cc2cc(Cl)cc(C3(N=C=O)CCCC3)c2O1. The van der Waals surface area contributed by atoms with Crippen molar-refractivity contribution in [1.29, 1.82) is 0 Å². The lowest BCUT2D eigenvalue weighted by Gasteiger charge is -2.26. The zero-order valence-electron chi connectivity index (χ0n) is 11.8. The molecule has 1 aromatic rings. The van der Waals surface area contributed by atoms with E-state index in [0.717, 1.165) is 49.0 Å². The Labute approximate surface area is 124 Å². The van der Waals surface area contributed by atoms with Gasteiger partial charge in [0.2, 0.25) is 6.08 Å². The molecule has 0 bridgehead atoms. The highest BCUT2D eigenvalue weighted by Crippen LogP contribution is 2.50. The van der Waals surface area contributed by atoms with E-state index in [9.17, 15) is 4.79 Å². The molecule has 1 saturated carbocycles. The molecule has 1 heterocycles. The molecule has 3 nitrogen and oxygen atoms in total. The van der Waals surface area contributed by atoms with Crippen LogP contribution >= 0.6 is 11.6 Å². The Kier molecular flexibility index (Phi) is 3.15. The summed E-state index contributed by atoms with van der Waals surface area (Å²) in [5, 5.41) is 0.687. The minimum atomic E-state index is -0.489. The predicted molar refractivity (Wildman–Crippen MR) is 78.1 cm³/mol. The number of rotatable bonds is 2. The van der Waals surface area contributed by atoms with E-state index in [1.807, 2.05) is 12.1 Å². The molecule has 0 N–H and O–H groups in total. The molecule has 0 spiro atoms. The molecule has 2 aliphatic rings. The smallest absolute Gasteiger partial charge is 0.235 e. The summed E-state index contributed by atoms with van der Waals surface area (Å²) in [7, 11) is 0. The number of hydrogen-bond donors (Lipinski definition) is 0. The predicted octanol–water partition coefficient (Wildman–Crippen LogP) is 4.16. The van der Waals surface area contributed by atoms with Crippen LogP contribution in [0.1, 0.15) is 50.7 Å². The fraction of sp³-hybridized carbons (Fsp3) is 0.562. The van der Waals surface area contributed by atoms with Crippen molar-refractivity contribution in [2.75, 3.05) is 0 Å². The average molecular weight is 292 g/mol. The monoisotopic (exact) mass is 291 g/mol. The molecule has 20 heavy (non-hydrogen) atoms. The van der Waals surface area contributed by atoms with Gasteiger partial charge in [-0.3, -0.25) is 0 Å². The third-order valence-corrected chi connectivity index (χ3v) is 4.54. The van der Waals surface area contributed by atoms with Crippen LogP contribution in [0.4, 0.5) is 0 Å². The van der Waals surface area contributed by atoms with E-state index < -0.39 is 5.54 Å². The number of isocyanates is 1. The molecule has 0 atom stereocenters. The summed E-state index contributed by atoms with van der Waals surface area (Å²) < 4.78 is 6.12. The van der Waals surface area contributed by atoms with E-state index in [2.05, 4.69) is 18.8 Å². The van der Waals surface area contributed by atoms with Gasteiger partial charge in [-0.25, -0.2) is 4.79 Å². The van der Waals surface area contributed by atoms with Crippen molar-refractivity contribution in [3.05, 3.63) is 28.3 Å². The first-order valence-electron chi connectivity index (χ1n) is 7.07. The van der Waals surface area contributed by atoms with Gasteiger partial charge in [0.15, 0.2) is 0 Å². The number of benzene rings is 1. The second-order valence-electron chi connectivity index (χ2n) is 6.42. The van der Waals surface area contributed by atoms with E-state index in [-0.39, 0.29) is 5.60 Å². The summed E-state index contributed by atoms with van der Waals surface area (Å²) in [5.41, 5.74) is 1.36. The highest BCUT2D eigenvalue weighted by molar-refractivity contribution is 6.30. The van der Waals surface area contributed by atoms with E-state index in [1.54, 1.807) is 6.08 Å². The highest BCUT2D eigenvalue weighted by atomic mass is 35.5. The third kappa shape index (κ3) is 2.15. The summed E-state index contributed by atoms with van der Waals surface area (Å²) in [5.74, 6) is 0.875. The highest BCUT2D eigenvalue weighted by Gasteiger charge is 2.42. The van der Waals surface area contributed by atoms with Gasteiger partial charge in [0, 0.05) is 17.0 Å². The summed E-state index contributed by atoms with van der Waals surface area (Å²) in [4.78, 5) is 15.0. The molecule has 1 aromatic carbocycles. The van der Waals surface area contributed by atoms with Crippen molar-refractivity contribution in [3.63, 3.8) is 0 Å². The molecule has 106 valence electrons. The molecule has 0 radical (unpaired) electrons. The van der Waals surface area contributed by atoms with Crippen molar-refractivity contribution in [2.24, 2.45) is 4.99 Å². The number of aliphatic imine (C=N–C) groups is 1. The summed E-state index contributed by atoms with van der Waals surface area (Å²) in [6.07, 6.45) is 6.44. The van der Waals surface area contributed by atoms with Crippen LogP contribution in [-0.4, -0.2) is 11.7 Å². The van der Waals surface area contributed by atoms with E-state index in [1.165, 1.54) is 0 Å². The number of carbonyl (C=O) groups excluding carboxylic acids is 1. The zero-order chi connectivity index (χ0) is 14.4. The standard InChI is InChI=1S/C16H18ClNO2/c1-15(2)9-11-7-12(17)8-13(14(11)20-15)16(18-10-19)5-3-4-6-16/h7-8H,3-6,9H2,1-2H3. The van der Waals surface area contributed by atoms with Crippen LogP contribution in [-0.2, 0) is 16.8 Å². The molecule has 0 amide bonds. The van der Waals surface area contributed by atoms with Crippen molar-refractivity contribution in [2.45, 2.75) is 57.1 Å². The Morgan fingerprint density at radius 1 is 1.30 bits per heavy atom. The lowest BCUT2D eigenvalue weighted by atomic mass is 9.86. The quantitative estimate of drug-likeness (QED) is 0.606. The minimum absolute atomic E-state index is 0.230. The Morgan fingerprint density at radius 3 is 2.65 bits per heavy atom. The van der Waals surface area contributed by atoms with Gasteiger partial charge < -0.3 is 4.74 Å². The maximum atomic E-state index is 10.9. The van der Waals surface area contributed by atoms with Gasteiger partial charge >= 0.3 is 0 Å². The van der Waals surface area contributed by atoms with Crippen LogP contribution in [0, 0.1) is 0 Å². The maximum absolute atomic E-state index is 10.9. The fourth-order valence-corrected chi connectivity index (χ4v) is 3.75. The summed E-state index contributed by atoms with van der Waals surface area (Å²) >= 11 is 6.27. The number of nitrogens with zero attached hydrogens (tertiary/aromatic N) is 1. The molecule has 1 fully saturated rings. The van der Waals surface area contributed by atoms with Crippen molar-refractivity contribution in [3.8, 4) is 5.75 Å². The zero-order valence-corrected chi connectivity index (χ0v) is 12.6. The number of halogens is 1. The molecule has 0 saturated heterocycles. The first-order valence-corrected chi connectivity index (χ1v) is 7.45. The molecule has 0 unspecified atom stereocenters. The number of fused-ring (bicyclic) bond motifs is 1. The van der Waals surface area contributed by atoms with Crippen LogP contribution in [0.5, 0.6) is 5.75 Å². The van der Waals surface area contributed by atoms with Crippen LogP contribution in [0.3, 0.4) is 0 Å². The third-order valence-electron chi connectivity index (χ3n) is 4.32. The Balaban J connectivity index is 2.18. The normalized spacial score (nSPS) is 21.9. The van der Waals surface area contributed by atoms with Gasteiger partial charge in [-0.2, -0.15) is 4.99 Å². The van der Waals surface area contributed by atoms with Gasteiger partial charge in [0.1, 0.15) is 16.9 Å². The molecular weight excluding hydrogens is 274 g/mol. The van der Waals surface area contributed by atoms with Gasteiger partial charge in [-0.1, -0.05) is 24.4 Å². The summed E-state index contributed by atoms with van der Waals surface area (Å²) in [6, 6.07) is 3.87. The fourth-order valence-electron chi connectivity index (χ4n) is 3.51. The van der Waals surface area contributed by atoms with Crippen LogP contribution in [0.2, 0.25) is 5.02 Å². The van der Waals surface area contributed by atoms with Crippen LogP contribution in [0.15, 0.2) is 17.1 Å². The summed E-state index contributed by atoms with van der Waals surface area (Å²) in [6.45, 7) is 4.13. The molecule has 1 aliphatic carbocycles. The number of hydrogen-bond acceptors (Lipinski definition) is 3. The van der Waals surface area contributed by atoms with Crippen LogP contribution in [0.25, 0.3) is 0 Å². The first-order chi connectivity index (χ1) is 9.46. The molecule has 1 aliphatic heterocycles. The van der Waals surface area contributed by atoms with Gasteiger partial charge in [0.25, 0.3) is 0 Å². The Hall–Kier alpha value is -1.31. The van der Waals surface area contributed by atoms with E-state index in [4.69, 9.17) is 16.3 Å². The molecule has 3 rings (SSSR count). The van der Waals surface area contributed by atoms with E-state index in [0.29, 0.717) is 5.02 Å². The largest absolute Gasteiger partial charge is 0.487 e. The first kappa shape index (κ1) is 13.7. The lowest BCUT2D eigenvalue weighted by molar-refractivity contribution is 0.135. The number of ether oxygens (including phenoxy) is 1. The Morgan fingerprint density at radius 2 is 2.00 bits per heavy atom. The van der Waals surface area contributed by atoms with Gasteiger partial charge in [0.05, 0.1) is 0 Å². The van der Waals surface area contributed by atoms with Gasteiger partial charge in [-0.15, -0.1) is 0 Å². The van der Waals surface area contributed by atoms with Crippen molar-refractivity contribution >= 4 is 17.7 Å². The minimum Gasteiger partial charge on any atom is -0.487 e. The van der Waals surface area contributed by atoms with Crippen molar-refractivity contribution < 1.29 is 9.53 Å². The maximum Gasteiger partial charge on any atom is 0.235 e. The second-order valence-corrected chi connectivity index (χ2v) is 6.86. The Bertz CT molecular complexity index is 597. The lowest BCUT2D eigenvalue weighted by Crippen LogP contribution is -2.26. The van der Waals surface area contributed by atoms with E-state index >= 15 is 0 Å². The topological polar surface area (TPSA) is 38.7 Å². The second kappa shape index (κ2) is 4.61. The van der Waals surface area contributed by atoms with Gasteiger partial charge in [-0.05, 0) is 44.4 Å². The van der Waals surface area contributed by atoms with Crippen LogP contribution < -0.4 is 4.74 Å². The molecule has 0 aromatic heterocycles. The molecule has 4 heteroatoms. The average Bonchev–Trinajstić information content (AvgIpc) is 2.92. The van der Waals surface area contributed by atoms with Crippen molar-refractivity contribution in [1.82, 2.24) is 0 Å².